The minimum Gasteiger partial charge on any atom is -0.371 e. The normalized spacial score (nSPS) is 43.4. The summed E-state index contributed by atoms with van der Waals surface area (Å²) in [6.45, 7) is 8.76. The molecule has 2 heterocycles. The van der Waals surface area contributed by atoms with Gasteiger partial charge in [-0.3, -0.25) is 0 Å². The monoisotopic (exact) mass is 155 g/mol. The van der Waals surface area contributed by atoms with Gasteiger partial charge >= 0.3 is 0 Å². The molecule has 2 saturated heterocycles. The van der Waals surface area contributed by atoms with Gasteiger partial charge in [-0.05, 0) is 11.8 Å². The minimum absolute atomic E-state index is 0.137. The van der Waals surface area contributed by atoms with Gasteiger partial charge in [0.2, 0.25) is 0 Å². The van der Waals surface area contributed by atoms with Crippen molar-refractivity contribution in [2.45, 2.75) is 38.8 Å². The highest BCUT2D eigenvalue weighted by atomic mass is 16.5. The maximum absolute atomic E-state index is 5.84. The van der Waals surface area contributed by atoms with Crippen LogP contribution < -0.4 is 5.32 Å². The van der Waals surface area contributed by atoms with Gasteiger partial charge < -0.3 is 10.1 Å². The van der Waals surface area contributed by atoms with E-state index in [9.17, 15) is 0 Å². The number of ether oxygens (including phenoxy) is 1. The summed E-state index contributed by atoms with van der Waals surface area (Å²) in [7, 11) is 0. The summed E-state index contributed by atoms with van der Waals surface area (Å²) in [6.07, 6.45) is 1.20. The Morgan fingerprint density at radius 2 is 2.18 bits per heavy atom. The molecule has 0 aliphatic carbocycles. The maximum atomic E-state index is 5.84. The van der Waals surface area contributed by atoms with Crippen molar-refractivity contribution in [2.24, 2.45) is 5.41 Å². The Hall–Kier alpha value is -0.0800. The quantitative estimate of drug-likeness (QED) is 0.567. The molecule has 2 aliphatic rings. The summed E-state index contributed by atoms with van der Waals surface area (Å²) in [5, 5.41) is 3.48. The average Bonchev–Trinajstić information content (AvgIpc) is 2.42. The van der Waals surface area contributed by atoms with Crippen LogP contribution in [-0.2, 0) is 4.74 Å². The second-order valence-electron chi connectivity index (χ2n) is 4.84. The highest BCUT2D eigenvalue weighted by Gasteiger charge is 2.53. The number of hydrogen-bond acceptors (Lipinski definition) is 2. The minimum atomic E-state index is 0.137. The number of morpholine rings is 1. The molecule has 0 aromatic heterocycles. The fourth-order valence-corrected chi connectivity index (χ4v) is 2.13. The zero-order chi connectivity index (χ0) is 8.11. The molecule has 0 unspecified atom stereocenters. The Morgan fingerprint density at radius 1 is 1.45 bits per heavy atom. The van der Waals surface area contributed by atoms with E-state index in [1.54, 1.807) is 0 Å². The lowest BCUT2D eigenvalue weighted by Crippen LogP contribution is -2.48. The van der Waals surface area contributed by atoms with Gasteiger partial charge in [-0.1, -0.05) is 20.8 Å². The smallest absolute Gasteiger partial charge is 0.0870 e. The molecule has 2 rings (SSSR count). The molecule has 0 saturated carbocycles. The molecular weight excluding hydrogens is 138 g/mol. The van der Waals surface area contributed by atoms with Gasteiger partial charge in [0.1, 0.15) is 0 Å². The predicted molar refractivity (Wildman–Crippen MR) is 44.5 cm³/mol. The maximum Gasteiger partial charge on any atom is 0.0870 e. The van der Waals surface area contributed by atoms with Crippen LogP contribution in [0.5, 0.6) is 0 Å². The van der Waals surface area contributed by atoms with Crippen molar-refractivity contribution >= 4 is 0 Å². The first-order valence-corrected chi connectivity index (χ1v) is 4.41. The molecule has 2 bridgehead atoms. The molecule has 0 spiro atoms. The summed E-state index contributed by atoms with van der Waals surface area (Å²) in [5.41, 5.74) is 0.420. The van der Waals surface area contributed by atoms with E-state index in [0.29, 0.717) is 6.04 Å². The van der Waals surface area contributed by atoms with Crippen LogP contribution in [0.25, 0.3) is 0 Å². The average molecular weight is 155 g/mol. The van der Waals surface area contributed by atoms with Gasteiger partial charge in [0.05, 0.1) is 12.2 Å². The van der Waals surface area contributed by atoms with Crippen molar-refractivity contribution < 1.29 is 4.74 Å². The first-order valence-electron chi connectivity index (χ1n) is 4.41. The molecule has 1 N–H and O–H groups in total. The van der Waals surface area contributed by atoms with Crippen LogP contribution in [0.2, 0.25) is 0 Å². The van der Waals surface area contributed by atoms with Crippen molar-refractivity contribution in [1.82, 2.24) is 5.32 Å². The van der Waals surface area contributed by atoms with E-state index >= 15 is 0 Å². The standard InChI is InChI=1S/C9H17NO/c1-8(2,3)9-4-7(5-11-9)10-6-9/h7,10H,4-6H2,1-3H3/t7-,9-/m0/s1. The van der Waals surface area contributed by atoms with Crippen molar-refractivity contribution in [1.29, 1.82) is 0 Å². The highest BCUT2D eigenvalue weighted by molar-refractivity contribution is 5.07. The second-order valence-corrected chi connectivity index (χ2v) is 4.84. The zero-order valence-corrected chi connectivity index (χ0v) is 7.61. The van der Waals surface area contributed by atoms with Crippen LogP contribution >= 0.6 is 0 Å². The Morgan fingerprint density at radius 3 is 2.36 bits per heavy atom. The Bertz CT molecular complexity index is 163. The Labute approximate surface area is 68.3 Å². The molecular formula is C9H17NO. The predicted octanol–water partition coefficient (Wildman–Crippen LogP) is 1.16. The van der Waals surface area contributed by atoms with Crippen molar-refractivity contribution in [2.75, 3.05) is 13.2 Å². The lowest BCUT2D eigenvalue weighted by Gasteiger charge is -2.39. The molecule has 2 nitrogen and oxygen atoms in total. The summed E-state index contributed by atoms with van der Waals surface area (Å²) in [5.74, 6) is 0. The molecule has 0 aromatic carbocycles. The lowest BCUT2D eigenvalue weighted by molar-refractivity contribution is -0.0802. The fraction of sp³-hybridized carbons (Fsp3) is 1.00. The van der Waals surface area contributed by atoms with E-state index in [1.165, 1.54) is 6.42 Å². The number of nitrogens with one attached hydrogen (secondary N) is 1. The molecule has 2 atom stereocenters. The van der Waals surface area contributed by atoms with Crippen LogP contribution in [0, 0.1) is 5.41 Å². The van der Waals surface area contributed by atoms with Gasteiger partial charge in [0.25, 0.3) is 0 Å². The van der Waals surface area contributed by atoms with Crippen LogP contribution in [0.4, 0.5) is 0 Å². The van der Waals surface area contributed by atoms with Crippen LogP contribution in [0.1, 0.15) is 27.2 Å². The third-order valence-electron chi connectivity index (χ3n) is 3.18. The van der Waals surface area contributed by atoms with Crippen molar-refractivity contribution in [3.63, 3.8) is 0 Å². The molecule has 2 aliphatic heterocycles. The first kappa shape index (κ1) is 7.56. The molecule has 0 aromatic rings. The van der Waals surface area contributed by atoms with Crippen molar-refractivity contribution in [3.05, 3.63) is 0 Å². The van der Waals surface area contributed by atoms with Crippen molar-refractivity contribution in [3.8, 4) is 0 Å². The third kappa shape index (κ3) is 0.926. The SMILES string of the molecule is CC(C)(C)[C@]12CN[C@H](CO1)C2. The summed E-state index contributed by atoms with van der Waals surface area (Å²) >= 11 is 0. The Kier molecular flexibility index (Phi) is 1.37. The van der Waals surface area contributed by atoms with E-state index in [-0.39, 0.29) is 11.0 Å². The molecule has 64 valence electrons. The topological polar surface area (TPSA) is 21.3 Å². The zero-order valence-electron chi connectivity index (χ0n) is 7.61. The number of hydrogen-bond donors (Lipinski definition) is 1. The Balaban J connectivity index is 2.23. The number of fused-ring (bicyclic) bond motifs is 2. The van der Waals surface area contributed by atoms with E-state index in [2.05, 4.69) is 26.1 Å². The largest absolute Gasteiger partial charge is 0.371 e. The van der Waals surface area contributed by atoms with Gasteiger partial charge in [-0.2, -0.15) is 0 Å². The first-order chi connectivity index (χ1) is 5.04. The van der Waals surface area contributed by atoms with Crippen LogP contribution in [0.3, 0.4) is 0 Å². The van der Waals surface area contributed by atoms with E-state index < -0.39 is 0 Å². The molecule has 0 radical (unpaired) electrons. The summed E-state index contributed by atoms with van der Waals surface area (Å²) in [6, 6.07) is 0.634. The van der Waals surface area contributed by atoms with Crippen LogP contribution in [-0.4, -0.2) is 24.8 Å². The molecule has 2 heteroatoms. The third-order valence-corrected chi connectivity index (χ3v) is 3.18. The van der Waals surface area contributed by atoms with E-state index in [4.69, 9.17) is 4.74 Å². The van der Waals surface area contributed by atoms with E-state index in [0.717, 1.165) is 13.2 Å². The fourth-order valence-electron chi connectivity index (χ4n) is 2.13. The van der Waals surface area contributed by atoms with Crippen LogP contribution in [0.15, 0.2) is 0 Å². The van der Waals surface area contributed by atoms with Gasteiger partial charge in [0.15, 0.2) is 0 Å². The van der Waals surface area contributed by atoms with E-state index in [1.807, 2.05) is 0 Å². The van der Waals surface area contributed by atoms with Gasteiger partial charge in [-0.15, -0.1) is 0 Å². The molecule has 11 heavy (non-hydrogen) atoms. The lowest BCUT2D eigenvalue weighted by atomic mass is 9.76. The summed E-state index contributed by atoms with van der Waals surface area (Å²) in [4.78, 5) is 0. The van der Waals surface area contributed by atoms with Gasteiger partial charge in [0, 0.05) is 12.6 Å². The summed E-state index contributed by atoms with van der Waals surface area (Å²) < 4.78 is 5.84. The highest BCUT2D eigenvalue weighted by Crippen LogP contribution is 2.44. The number of rotatable bonds is 0. The molecule has 2 fully saturated rings. The molecule has 0 amide bonds. The van der Waals surface area contributed by atoms with Gasteiger partial charge in [-0.25, -0.2) is 0 Å². The second kappa shape index (κ2) is 1.99.